The van der Waals surface area contributed by atoms with Gasteiger partial charge < -0.3 is 0 Å². The summed E-state index contributed by atoms with van der Waals surface area (Å²) in [7, 11) is -3.48. The number of nitrogens with one attached hydrogen (secondary N) is 1. The number of benzene rings is 1. The summed E-state index contributed by atoms with van der Waals surface area (Å²) in [6, 6.07) is 5.15. The van der Waals surface area contributed by atoms with Crippen LogP contribution in [0.4, 0.5) is 0 Å². The highest BCUT2D eigenvalue weighted by Gasteiger charge is 2.27. The SMILES string of the molecule is CC(NS(=O)(=O)c1cc(Br)ccc1Br)C1CCCC1. The van der Waals surface area contributed by atoms with Crippen molar-refractivity contribution < 1.29 is 8.42 Å². The van der Waals surface area contributed by atoms with Crippen LogP contribution < -0.4 is 4.72 Å². The van der Waals surface area contributed by atoms with E-state index in [0.717, 1.165) is 17.3 Å². The molecule has 1 atom stereocenters. The maximum Gasteiger partial charge on any atom is 0.241 e. The van der Waals surface area contributed by atoms with Gasteiger partial charge in [0.1, 0.15) is 0 Å². The van der Waals surface area contributed by atoms with Crippen molar-refractivity contribution in [2.45, 2.75) is 43.5 Å². The van der Waals surface area contributed by atoms with Crippen LogP contribution in [-0.2, 0) is 10.0 Å². The zero-order valence-corrected chi connectivity index (χ0v) is 14.7. The molecular weight excluding hydrogens is 394 g/mol. The molecule has 0 spiro atoms. The van der Waals surface area contributed by atoms with E-state index in [1.165, 1.54) is 12.8 Å². The van der Waals surface area contributed by atoms with Crippen molar-refractivity contribution in [3.05, 3.63) is 27.1 Å². The highest BCUT2D eigenvalue weighted by molar-refractivity contribution is 9.11. The number of sulfonamides is 1. The van der Waals surface area contributed by atoms with E-state index in [9.17, 15) is 8.42 Å². The summed E-state index contributed by atoms with van der Waals surface area (Å²) in [4.78, 5) is 0.284. The molecule has 1 fully saturated rings. The van der Waals surface area contributed by atoms with Crippen LogP contribution in [0.1, 0.15) is 32.6 Å². The van der Waals surface area contributed by atoms with Crippen LogP contribution in [-0.4, -0.2) is 14.5 Å². The van der Waals surface area contributed by atoms with Gasteiger partial charge in [0.25, 0.3) is 0 Å². The molecule has 1 saturated carbocycles. The average Bonchev–Trinajstić information content (AvgIpc) is 2.85. The fourth-order valence-electron chi connectivity index (χ4n) is 2.54. The molecule has 0 amide bonds. The normalized spacial score (nSPS) is 18.7. The summed E-state index contributed by atoms with van der Waals surface area (Å²) in [6.07, 6.45) is 4.64. The summed E-state index contributed by atoms with van der Waals surface area (Å²) in [5, 5.41) is 0. The molecule has 0 radical (unpaired) electrons. The number of rotatable bonds is 4. The maximum atomic E-state index is 12.4. The Morgan fingerprint density at radius 2 is 1.89 bits per heavy atom. The summed E-state index contributed by atoms with van der Waals surface area (Å²) in [5.74, 6) is 0.459. The second-order valence-corrected chi connectivity index (χ2v) is 8.48. The first kappa shape index (κ1) is 15.5. The van der Waals surface area contributed by atoms with E-state index in [-0.39, 0.29) is 10.9 Å². The van der Waals surface area contributed by atoms with Gasteiger partial charge in [0, 0.05) is 15.0 Å². The minimum absolute atomic E-state index is 0.0154. The Morgan fingerprint density at radius 3 is 2.53 bits per heavy atom. The first-order chi connectivity index (χ1) is 8.90. The van der Waals surface area contributed by atoms with Crippen molar-refractivity contribution in [2.24, 2.45) is 5.92 Å². The smallest absolute Gasteiger partial charge is 0.208 e. The Kier molecular flexibility index (Phi) is 5.09. The lowest BCUT2D eigenvalue weighted by molar-refractivity contribution is 0.424. The second-order valence-electron chi connectivity index (χ2n) is 5.03. The maximum absolute atomic E-state index is 12.4. The number of halogens is 2. The molecule has 1 unspecified atom stereocenters. The molecule has 1 aliphatic rings. The molecule has 2 rings (SSSR count). The lowest BCUT2D eigenvalue weighted by Gasteiger charge is -2.20. The van der Waals surface area contributed by atoms with Crippen molar-refractivity contribution in [3.8, 4) is 0 Å². The van der Waals surface area contributed by atoms with Gasteiger partial charge in [0.2, 0.25) is 10.0 Å². The summed E-state index contributed by atoms with van der Waals surface area (Å²) in [5.41, 5.74) is 0. The van der Waals surface area contributed by atoms with Crippen LogP contribution in [0, 0.1) is 5.92 Å². The fraction of sp³-hybridized carbons (Fsp3) is 0.538. The van der Waals surface area contributed by atoms with E-state index in [2.05, 4.69) is 36.6 Å². The van der Waals surface area contributed by atoms with Gasteiger partial charge in [-0.1, -0.05) is 28.8 Å². The fourth-order valence-corrected chi connectivity index (χ4v) is 5.36. The Balaban J connectivity index is 2.19. The zero-order valence-electron chi connectivity index (χ0n) is 10.7. The van der Waals surface area contributed by atoms with Gasteiger partial charge in [-0.25, -0.2) is 13.1 Å². The van der Waals surface area contributed by atoms with Gasteiger partial charge in [-0.05, 0) is 59.8 Å². The van der Waals surface area contributed by atoms with Crippen molar-refractivity contribution in [1.82, 2.24) is 4.72 Å². The standard InChI is InChI=1S/C13H17Br2NO2S/c1-9(10-4-2-3-5-10)16-19(17,18)13-8-11(14)6-7-12(13)15/h6-10,16H,2-5H2,1H3. The van der Waals surface area contributed by atoms with E-state index < -0.39 is 10.0 Å². The largest absolute Gasteiger partial charge is 0.241 e. The van der Waals surface area contributed by atoms with E-state index in [0.29, 0.717) is 10.4 Å². The van der Waals surface area contributed by atoms with Gasteiger partial charge >= 0.3 is 0 Å². The molecule has 106 valence electrons. The van der Waals surface area contributed by atoms with Crippen LogP contribution in [0.2, 0.25) is 0 Å². The molecule has 1 aromatic carbocycles. The molecular formula is C13H17Br2NO2S. The number of hydrogen-bond donors (Lipinski definition) is 1. The predicted molar refractivity (Wildman–Crippen MR) is 83.6 cm³/mol. The summed E-state index contributed by atoms with van der Waals surface area (Å²) < 4.78 is 29.0. The van der Waals surface area contributed by atoms with E-state index in [1.54, 1.807) is 12.1 Å². The van der Waals surface area contributed by atoms with Crippen LogP contribution >= 0.6 is 31.9 Å². The quantitative estimate of drug-likeness (QED) is 0.812. The van der Waals surface area contributed by atoms with E-state index in [1.807, 2.05) is 13.0 Å². The highest BCUT2D eigenvalue weighted by atomic mass is 79.9. The van der Waals surface area contributed by atoms with Crippen molar-refractivity contribution in [1.29, 1.82) is 0 Å². The molecule has 6 heteroatoms. The third-order valence-corrected chi connectivity index (χ3v) is 6.68. The molecule has 0 heterocycles. The Bertz CT molecular complexity index is 554. The minimum atomic E-state index is -3.48. The minimum Gasteiger partial charge on any atom is -0.208 e. The molecule has 1 aromatic rings. The topological polar surface area (TPSA) is 46.2 Å². The zero-order chi connectivity index (χ0) is 14.0. The van der Waals surface area contributed by atoms with Gasteiger partial charge in [-0.15, -0.1) is 0 Å². The van der Waals surface area contributed by atoms with Crippen LogP contribution in [0.15, 0.2) is 32.0 Å². The average molecular weight is 411 g/mol. The van der Waals surface area contributed by atoms with Crippen molar-refractivity contribution in [2.75, 3.05) is 0 Å². The lowest BCUT2D eigenvalue weighted by Crippen LogP contribution is -2.37. The van der Waals surface area contributed by atoms with Gasteiger partial charge in [-0.2, -0.15) is 0 Å². The van der Waals surface area contributed by atoms with E-state index >= 15 is 0 Å². The molecule has 1 N–H and O–H groups in total. The number of hydrogen-bond acceptors (Lipinski definition) is 2. The predicted octanol–water partition coefficient (Wildman–Crippen LogP) is 4.07. The molecule has 0 aliphatic heterocycles. The van der Waals surface area contributed by atoms with Crippen LogP contribution in [0.25, 0.3) is 0 Å². The molecule has 1 aliphatic carbocycles. The Hall–Kier alpha value is 0.0900. The molecule has 0 saturated heterocycles. The van der Waals surface area contributed by atoms with Crippen LogP contribution in [0.3, 0.4) is 0 Å². The third kappa shape index (κ3) is 3.80. The Morgan fingerprint density at radius 1 is 1.26 bits per heavy atom. The van der Waals surface area contributed by atoms with E-state index in [4.69, 9.17) is 0 Å². The lowest BCUT2D eigenvalue weighted by atomic mass is 10.0. The summed E-state index contributed by atoms with van der Waals surface area (Å²) in [6.45, 7) is 1.96. The van der Waals surface area contributed by atoms with Gasteiger partial charge in [0.05, 0.1) is 4.90 Å². The first-order valence-electron chi connectivity index (χ1n) is 6.37. The van der Waals surface area contributed by atoms with Crippen LogP contribution in [0.5, 0.6) is 0 Å². The molecule has 3 nitrogen and oxygen atoms in total. The van der Waals surface area contributed by atoms with Gasteiger partial charge in [0.15, 0.2) is 0 Å². The molecule has 19 heavy (non-hydrogen) atoms. The highest BCUT2D eigenvalue weighted by Crippen LogP contribution is 2.30. The van der Waals surface area contributed by atoms with Gasteiger partial charge in [-0.3, -0.25) is 0 Å². The second kappa shape index (κ2) is 6.24. The Labute approximate surface area is 131 Å². The van der Waals surface area contributed by atoms with Crippen molar-refractivity contribution >= 4 is 41.9 Å². The molecule has 0 bridgehead atoms. The molecule has 0 aromatic heterocycles. The third-order valence-electron chi connectivity index (χ3n) is 3.63. The monoisotopic (exact) mass is 409 g/mol. The van der Waals surface area contributed by atoms with Crippen molar-refractivity contribution in [3.63, 3.8) is 0 Å². The summed E-state index contributed by atoms with van der Waals surface area (Å²) >= 11 is 6.61. The first-order valence-corrected chi connectivity index (χ1v) is 9.44.